The first-order chi connectivity index (χ1) is 7.79. The molecule has 0 fully saturated rings. The number of furan rings is 1. The molecule has 2 aromatic heterocycles. The zero-order chi connectivity index (χ0) is 11.4. The summed E-state index contributed by atoms with van der Waals surface area (Å²) in [6, 6.07) is 6.06. The summed E-state index contributed by atoms with van der Waals surface area (Å²) in [6.07, 6.45) is 0. The van der Waals surface area contributed by atoms with Gasteiger partial charge in [0.05, 0.1) is 19.8 Å². The molecule has 0 unspecified atom stereocenters. The molecular weight excluding hydrogens is 222 g/mol. The van der Waals surface area contributed by atoms with E-state index in [0.29, 0.717) is 19.8 Å². The van der Waals surface area contributed by atoms with Crippen molar-refractivity contribution in [2.24, 2.45) is 5.73 Å². The highest BCUT2D eigenvalue weighted by Gasteiger charge is 2.06. The van der Waals surface area contributed by atoms with Crippen LogP contribution in [-0.4, -0.2) is 0 Å². The summed E-state index contributed by atoms with van der Waals surface area (Å²) in [5.74, 6) is 1.71. The average molecular weight is 237 g/mol. The first kappa shape index (κ1) is 11.4. The molecule has 0 saturated heterocycles. The fourth-order valence-electron chi connectivity index (χ4n) is 1.49. The van der Waals surface area contributed by atoms with E-state index in [0.717, 1.165) is 17.1 Å². The smallest absolute Gasteiger partial charge is 0.118 e. The zero-order valence-electron chi connectivity index (χ0n) is 9.23. The second kappa shape index (κ2) is 5.30. The number of aryl methyl sites for hydroxylation is 1. The van der Waals surface area contributed by atoms with Gasteiger partial charge in [-0.2, -0.15) is 0 Å². The maximum Gasteiger partial charge on any atom is 0.118 e. The maximum absolute atomic E-state index is 5.61. The second-order valence-electron chi connectivity index (χ2n) is 3.57. The molecule has 0 spiro atoms. The Bertz CT molecular complexity index is 434. The summed E-state index contributed by atoms with van der Waals surface area (Å²) in [6.45, 7) is 3.60. The Kier molecular flexibility index (Phi) is 3.77. The Labute approximate surface area is 98.8 Å². The summed E-state index contributed by atoms with van der Waals surface area (Å²) >= 11 is 1.70. The quantitative estimate of drug-likeness (QED) is 0.869. The molecule has 0 bridgehead atoms. The molecule has 0 atom stereocenters. The maximum atomic E-state index is 5.61. The number of thiophene rings is 1. The van der Waals surface area contributed by atoms with Gasteiger partial charge in [0.2, 0.25) is 0 Å². The Balaban J connectivity index is 1.87. The minimum atomic E-state index is 0.436. The van der Waals surface area contributed by atoms with Crippen LogP contribution < -0.4 is 5.73 Å². The molecule has 0 aliphatic rings. The van der Waals surface area contributed by atoms with Crippen LogP contribution in [0.2, 0.25) is 0 Å². The van der Waals surface area contributed by atoms with Crippen molar-refractivity contribution in [2.75, 3.05) is 0 Å². The Morgan fingerprint density at radius 2 is 2.31 bits per heavy atom. The molecule has 3 nitrogen and oxygen atoms in total. The lowest BCUT2D eigenvalue weighted by atomic mass is 10.2. The highest BCUT2D eigenvalue weighted by Crippen LogP contribution is 2.17. The molecule has 0 aromatic carbocycles. The van der Waals surface area contributed by atoms with E-state index in [-0.39, 0.29) is 0 Å². The molecule has 4 heteroatoms. The molecule has 16 heavy (non-hydrogen) atoms. The first-order valence-electron chi connectivity index (χ1n) is 5.18. The van der Waals surface area contributed by atoms with Crippen LogP contribution in [0.25, 0.3) is 0 Å². The number of ether oxygens (including phenoxy) is 1. The van der Waals surface area contributed by atoms with Gasteiger partial charge in [0.1, 0.15) is 11.5 Å². The highest BCUT2D eigenvalue weighted by atomic mass is 32.1. The number of hydrogen-bond acceptors (Lipinski definition) is 4. The van der Waals surface area contributed by atoms with E-state index >= 15 is 0 Å². The summed E-state index contributed by atoms with van der Waals surface area (Å²) in [5.41, 5.74) is 6.59. The zero-order valence-corrected chi connectivity index (χ0v) is 10.0. The summed E-state index contributed by atoms with van der Waals surface area (Å²) in [5, 5.41) is 2.05. The van der Waals surface area contributed by atoms with Gasteiger partial charge in [0.15, 0.2) is 0 Å². The predicted molar refractivity (Wildman–Crippen MR) is 64.1 cm³/mol. The summed E-state index contributed by atoms with van der Waals surface area (Å²) in [4.78, 5) is 1.24. The third kappa shape index (κ3) is 2.72. The second-order valence-corrected chi connectivity index (χ2v) is 4.60. The van der Waals surface area contributed by atoms with E-state index in [1.807, 2.05) is 24.4 Å². The monoisotopic (exact) mass is 237 g/mol. The lowest BCUT2D eigenvalue weighted by Crippen LogP contribution is -1.94. The van der Waals surface area contributed by atoms with E-state index in [4.69, 9.17) is 14.9 Å². The van der Waals surface area contributed by atoms with Crippen LogP contribution in [0.5, 0.6) is 0 Å². The third-order valence-corrected chi connectivity index (χ3v) is 3.20. The lowest BCUT2D eigenvalue weighted by Gasteiger charge is -2.00. The van der Waals surface area contributed by atoms with E-state index in [1.54, 1.807) is 11.3 Å². The molecule has 0 amide bonds. The van der Waals surface area contributed by atoms with Crippen molar-refractivity contribution in [3.05, 3.63) is 45.5 Å². The SMILES string of the molecule is Cc1oc(CN)cc1COCc1cccs1. The molecule has 2 N–H and O–H groups in total. The number of rotatable bonds is 5. The van der Waals surface area contributed by atoms with E-state index in [2.05, 4.69) is 6.07 Å². The van der Waals surface area contributed by atoms with Crippen molar-refractivity contribution in [2.45, 2.75) is 26.7 Å². The molecule has 0 aliphatic heterocycles. The minimum absolute atomic E-state index is 0.436. The Morgan fingerprint density at radius 1 is 1.44 bits per heavy atom. The van der Waals surface area contributed by atoms with Gasteiger partial charge in [0.25, 0.3) is 0 Å². The Morgan fingerprint density at radius 3 is 2.94 bits per heavy atom. The van der Waals surface area contributed by atoms with E-state index < -0.39 is 0 Å². The fraction of sp³-hybridized carbons (Fsp3) is 0.333. The van der Waals surface area contributed by atoms with Crippen LogP contribution in [0.4, 0.5) is 0 Å². The molecule has 2 aromatic rings. The fourth-order valence-corrected chi connectivity index (χ4v) is 2.13. The van der Waals surface area contributed by atoms with Crippen LogP contribution >= 0.6 is 11.3 Å². The van der Waals surface area contributed by atoms with Crippen molar-refractivity contribution in [1.82, 2.24) is 0 Å². The molecule has 0 aliphatic carbocycles. The van der Waals surface area contributed by atoms with Crippen LogP contribution in [0.1, 0.15) is 22.0 Å². The van der Waals surface area contributed by atoms with Gasteiger partial charge in [-0.3, -0.25) is 0 Å². The van der Waals surface area contributed by atoms with Crippen LogP contribution in [0.3, 0.4) is 0 Å². The number of nitrogens with two attached hydrogens (primary N) is 1. The van der Waals surface area contributed by atoms with Crippen molar-refractivity contribution >= 4 is 11.3 Å². The van der Waals surface area contributed by atoms with Gasteiger partial charge in [-0.1, -0.05) is 6.07 Å². The van der Waals surface area contributed by atoms with Gasteiger partial charge < -0.3 is 14.9 Å². The average Bonchev–Trinajstić information content (AvgIpc) is 2.89. The first-order valence-corrected chi connectivity index (χ1v) is 6.06. The molecule has 86 valence electrons. The van der Waals surface area contributed by atoms with E-state index in [9.17, 15) is 0 Å². The van der Waals surface area contributed by atoms with Crippen molar-refractivity contribution in [3.8, 4) is 0 Å². The molecule has 0 saturated carbocycles. The normalized spacial score (nSPS) is 10.9. The largest absolute Gasteiger partial charge is 0.465 e. The van der Waals surface area contributed by atoms with Crippen LogP contribution in [0, 0.1) is 6.92 Å². The van der Waals surface area contributed by atoms with Crippen molar-refractivity contribution in [1.29, 1.82) is 0 Å². The van der Waals surface area contributed by atoms with Gasteiger partial charge >= 0.3 is 0 Å². The van der Waals surface area contributed by atoms with Gasteiger partial charge in [0, 0.05) is 10.4 Å². The van der Waals surface area contributed by atoms with Crippen molar-refractivity contribution in [3.63, 3.8) is 0 Å². The summed E-state index contributed by atoms with van der Waals surface area (Å²) in [7, 11) is 0. The van der Waals surface area contributed by atoms with Crippen LogP contribution in [0.15, 0.2) is 28.0 Å². The highest BCUT2D eigenvalue weighted by molar-refractivity contribution is 7.09. The standard InChI is InChI=1S/C12H15NO2S/c1-9-10(5-11(6-13)15-9)7-14-8-12-3-2-4-16-12/h2-5H,6-8,13H2,1H3. The van der Waals surface area contributed by atoms with Gasteiger partial charge in [-0.15, -0.1) is 11.3 Å². The van der Waals surface area contributed by atoms with E-state index in [1.165, 1.54) is 4.88 Å². The predicted octanol–water partition coefficient (Wildman–Crippen LogP) is 2.83. The Hall–Kier alpha value is -1.10. The topological polar surface area (TPSA) is 48.4 Å². The van der Waals surface area contributed by atoms with Gasteiger partial charge in [-0.05, 0) is 24.4 Å². The molecule has 0 radical (unpaired) electrons. The summed E-state index contributed by atoms with van der Waals surface area (Å²) < 4.78 is 11.1. The molecule has 2 rings (SSSR count). The third-order valence-electron chi connectivity index (χ3n) is 2.35. The number of hydrogen-bond donors (Lipinski definition) is 1. The van der Waals surface area contributed by atoms with Gasteiger partial charge in [-0.25, -0.2) is 0 Å². The minimum Gasteiger partial charge on any atom is -0.465 e. The molecular formula is C12H15NO2S. The lowest BCUT2D eigenvalue weighted by molar-refractivity contribution is 0.108. The van der Waals surface area contributed by atoms with Crippen molar-refractivity contribution < 1.29 is 9.15 Å². The van der Waals surface area contributed by atoms with Crippen LogP contribution in [-0.2, 0) is 24.5 Å². The molecule has 2 heterocycles.